The minimum absolute atomic E-state index is 0.101. The Hall–Kier alpha value is -2.87. The molecule has 31 heavy (non-hydrogen) atoms. The van der Waals surface area contributed by atoms with Crippen LogP contribution < -0.4 is 14.5 Å². The summed E-state index contributed by atoms with van der Waals surface area (Å²) in [5, 5.41) is 4.27. The van der Waals surface area contributed by atoms with Crippen LogP contribution in [0.25, 0.3) is 0 Å². The predicted octanol–water partition coefficient (Wildman–Crippen LogP) is 4.11. The summed E-state index contributed by atoms with van der Waals surface area (Å²) in [7, 11) is -3.99. The van der Waals surface area contributed by atoms with Crippen molar-refractivity contribution in [1.29, 1.82) is 0 Å². The number of hydrogen-bond acceptors (Lipinski definition) is 5. The van der Waals surface area contributed by atoms with Crippen LogP contribution in [-0.4, -0.2) is 33.2 Å². The maximum atomic E-state index is 13.4. The van der Waals surface area contributed by atoms with Crippen LogP contribution in [0.2, 0.25) is 0 Å². The lowest BCUT2D eigenvalue weighted by atomic mass is 10.2. The zero-order valence-electron chi connectivity index (χ0n) is 17.8. The van der Waals surface area contributed by atoms with Crippen molar-refractivity contribution in [3.63, 3.8) is 0 Å². The highest BCUT2D eigenvalue weighted by Crippen LogP contribution is 2.32. The molecule has 1 amide bonds. The predicted molar refractivity (Wildman–Crippen MR) is 122 cm³/mol. The van der Waals surface area contributed by atoms with E-state index < -0.39 is 22.5 Å². The van der Waals surface area contributed by atoms with Gasteiger partial charge in [-0.1, -0.05) is 43.2 Å². The van der Waals surface area contributed by atoms with E-state index in [4.69, 9.17) is 4.74 Å². The van der Waals surface area contributed by atoms with Crippen LogP contribution >= 0.6 is 0 Å². The first kappa shape index (κ1) is 22.8. The molecule has 1 aliphatic carbocycles. The van der Waals surface area contributed by atoms with Crippen molar-refractivity contribution in [1.82, 2.24) is 5.43 Å². The molecule has 7 nitrogen and oxygen atoms in total. The summed E-state index contributed by atoms with van der Waals surface area (Å²) in [5.41, 5.74) is 3.82. The number of nitrogens with one attached hydrogen (secondary N) is 1. The van der Waals surface area contributed by atoms with E-state index in [0.717, 1.165) is 35.7 Å². The second kappa shape index (κ2) is 10.9. The lowest BCUT2D eigenvalue weighted by molar-refractivity contribution is -0.119. The number of rotatable bonds is 8. The van der Waals surface area contributed by atoms with Gasteiger partial charge in [-0.15, -0.1) is 0 Å². The molecule has 2 aromatic rings. The highest BCUT2D eigenvalue weighted by atomic mass is 32.2. The summed E-state index contributed by atoms with van der Waals surface area (Å²) >= 11 is 0. The number of benzene rings is 2. The van der Waals surface area contributed by atoms with Crippen molar-refractivity contribution in [3.8, 4) is 5.75 Å². The second-order valence-corrected chi connectivity index (χ2v) is 9.22. The number of sulfonamides is 1. The first-order valence-electron chi connectivity index (χ1n) is 10.7. The Morgan fingerprint density at radius 1 is 1.00 bits per heavy atom. The minimum atomic E-state index is -3.99. The third-order valence-electron chi connectivity index (χ3n) is 5.07. The van der Waals surface area contributed by atoms with E-state index in [2.05, 4.69) is 10.5 Å². The third-order valence-corrected chi connectivity index (χ3v) is 6.85. The average molecular weight is 444 g/mol. The largest absolute Gasteiger partial charge is 0.492 e. The van der Waals surface area contributed by atoms with Crippen LogP contribution in [0.1, 0.15) is 45.4 Å². The van der Waals surface area contributed by atoms with Crippen LogP contribution in [0, 0.1) is 0 Å². The summed E-state index contributed by atoms with van der Waals surface area (Å²) in [6.07, 6.45) is 6.18. The van der Waals surface area contributed by atoms with E-state index in [1.165, 1.54) is 25.0 Å². The molecule has 0 spiro atoms. The Morgan fingerprint density at radius 3 is 2.32 bits per heavy atom. The highest BCUT2D eigenvalue weighted by molar-refractivity contribution is 7.92. The second-order valence-electron chi connectivity index (χ2n) is 7.35. The van der Waals surface area contributed by atoms with Gasteiger partial charge in [-0.3, -0.25) is 9.10 Å². The zero-order chi connectivity index (χ0) is 22.1. The quantitative estimate of drug-likeness (QED) is 0.491. The zero-order valence-corrected chi connectivity index (χ0v) is 18.6. The van der Waals surface area contributed by atoms with Crippen LogP contribution in [0.3, 0.4) is 0 Å². The maximum absolute atomic E-state index is 13.4. The van der Waals surface area contributed by atoms with Gasteiger partial charge in [-0.25, -0.2) is 13.8 Å². The minimum Gasteiger partial charge on any atom is -0.492 e. The molecule has 1 fully saturated rings. The van der Waals surface area contributed by atoms with Gasteiger partial charge < -0.3 is 4.74 Å². The van der Waals surface area contributed by atoms with Gasteiger partial charge in [0.15, 0.2) is 0 Å². The van der Waals surface area contributed by atoms with E-state index in [1.54, 1.807) is 42.5 Å². The number of hydrogen-bond donors (Lipinski definition) is 1. The van der Waals surface area contributed by atoms with Gasteiger partial charge in [0, 0.05) is 5.71 Å². The van der Waals surface area contributed by atoms with E-state index in [9.17, 15) is 13.2 Å². The summed E-state index contributed by atoms with van der Waals surface area (Å²) in [4.78, 5) is 12.8. The highest BCUT2D eigenvalue weighted by Gasteiger charge is 2.29. The average Bonchev–Trinajstić information content (AvgIpc) is 3.06. The number of carbonyl (C=O) groups is 1. The smallest absolute Gasteiger partial charge is 0.264 e. The molecule has 0 bridgehead atoms. The van der Waals surface area contributed by atoms with E-state index in [-0.39, 0.29) is 4.90 Å². The van der Waals surface area contributed by atoms with Crippen molar-refractivity contribution >= 4 is 27.3 Å². The molecule has 0 atom stereocenters. The molecule has 0 unspecified atom stereocenters. The van der Waals surface area contributed by atoms with Gasteiger partial charge in [0.1, 0.15) is 12.3 Å². The Morgan fingerprint density at radius 2 is 1.65 bits per heavy atom. The number of amides is 1. The molecule has 3 rings (SSSR count). The number of nitrogens with zero attached hydrogens (tertiary/aromatic N) is 2. The van der Waals surface area contributed by atoms with E-state index in [0.29, 0.717) is 18.0 Å². The molecule has 0 saturated heterocycles. The van der Waals surface area contributed by atoms with Gasteiger partial charge in [-0.05, 0) is 56.9 Å². The molecule has 0 aliphatic heterocycles. The van der Waals surface area contributed by atoms with Gasteiger partial charge in [0.25, 0.3) is 15.9 Å². The molecule has 1 N–H and O–H groups in total. The van der Waals surface area contributed by atoms with Crippen molar-refractivity contribution < 1.29 is 17.9 Å². The van der Waals surface area contributed by atoms with Crippen molar-refractivity contribution in [2.24, 2.45) is 5.10 Å². The molecule has 1 saturated carbocycles. The number of ether oxygens (including phenoxy) is 1. The Labute approximate surface area is 184 Å². The van der Waals surface area contributed by atoms with Crippen molar-refractivity contribution in [3.05, 3.63) is 54.6 Å². The van der Waals surface area contributed by atoms with Gasteiger partial charge >= 0.3 is 0 Å². The molecule has 166 valence electrons. The first-order valence-corrected chi connectivity index (χ1v) is 12.1. The summed E-state index contributed by atoms with van der Waals surface area (Å²) in [6.45, 7) is 1.79. The molecule has 0 aromatic heterocycles. The number of para-hydroxylation sites is 2. The van der Waals surface area contributed by atoms with E-state index in [1.807, 2.05) is 6.92 Å². The fourth-order valence-electron chi connectivity index (χ4n) is 3.52. The summed E-state index contributed by atoms with van der Waals surface area (Å²) in [6, 6.07) is 14.9. The SMILES string of the molecule is CCOc1ccccc1N(CC(=O)NN=C1CCCCCC1)S(=O)(=O)c1ccccc1. The maximum Gasteiger partial charge on any atom is 0.264 e. The fourth-order valence-corrected chi connectivity index (χ4v) is 4.97. The van der Waals surface area contributed by atoms with Crippen LogP contribution in [0.4, 0.5) is 5.69 Å². The number of anilines is 1. The Kier molecular flexibility index (Phi) is 8.06. The molecule has 8 heteroatoms. The molecule has 1 aliphatic rings. The lowest BCUT2D eigenvalue weighted by Gasteiger charge is -2.25. The van der Waals surface area contributed by atoms with E-state index >= 15 is 0 Å². The summed E-state index contributed by atoms with van der Waals surface area (Å²) in [5.74, 6) is -0.102. The molecule has 0 radical (unpaired) electrons. The standard InChI is InChI=1S/C23H29N3O4S/c1-2-30-22-17-11-10-16-21(22)26(31(28,29)20-14-8-5-9-15-20)18-23(27)25-24-19-12-6-3-4-7-13-19/h5,8-11,14-17H,2-4,6-7,12-13,18H2,1H3,(H,25,27). The van der Waals surface area contributed by atoms with Gasteiger partial charge in [0.05, 0.1) is 17.2 Å². The monoisotopic (exact) mass is 443 g/mol. The molecule has 0 heterocycles. The van der Waals surface area contributed by atoms with Crippen molar-refractivity contribution in [2.75, 3.05) is 17.5 Å². The molecular formula is C23H29N3O4S. The number of carbonyl (C=O) groups excluding carboxylic acids is 1. The molecule has 2 aromatic carbocycles. The first-order chi connectivity index (χ1) is 15.0. The Bertz CT molecular complexity index is 996. The summed E-state index contributed by atoms with van der Waals surface area (Å²) < 4.78 is 33.6. The van der Waals surface area contributed by atoms with Crippen LogP contribution in [0.5, 0.6) is 5.75 Å². The molecular weight excluding hydrogens is 414 g/mol. The van der Waals surface area contributed by atoms with Gasteiger partial charge in [0.2, 0.25) is 0 Å². The fraction of sp³-hybridized carbons (Fsp3) is 0.391. The van der Waals surface area contributed by atoms with Crippen LogP contribution in [0.15, 0.2) is 64.6 Å². The normalized spacial score (nSPS) is 14.4. The Balaban J connectivity index is 1.89. The number of hydrazone groups is 1. The third kappa shape index (κ3) is 6.07. The van der Waals surface area contributed by atoms with Gasteiger partial charge in [-0.2, -0.15) is 5.10 Å². The lowest BCUT2D eigenvalue weighted by Crippen LogP contribution is -2.40. The van der Waals surface area contributed by atoms with Crippen molar-refractivity contribution in [2.45, 2.75) is 50.3 Å². The van der Waals surface area contributed by atoms with Crippen LogP contribution in [-0.2, 0) is 14.8 Å². The topological polar surface area (TPSA) is 88.1 Å².